The molecule has 1 aromatic carbocycles. The van der Waals surface area contributed by atoms with Crippen molar-refractivity contribution >= 4 is 34.8 Å². The second kappa shape index (κ2) is 8.58. The number of carbonyl (C=O) groups excluding carboxylic acids is 1. The quantitative estimate of drug-likeness (QED) is 0.740. The van der Waals surface area contributed by atoms with Crippen LogP contribution in [0.3, 0.4) is 0 Å². The summed E-state index contributed by atoms with van der Waals surface area (Å²) in [5, 5.41) is 3.86. The molecular weight excluding hydrogens is 392 g/mol. The van der Waals surface area contributed by atoms with Gasteiger partial charge in [0.2, 0.25) is 5.91 Å². The molecular formula is C22H23ClN2O2S. The Morgan fingerprint density at radius 1 is 1.04 bits per heavy atom. The fourth-order valence-electron chi connectivity index (χ4n) is 3.83. The van der Waals surface area contributed by atoms with Crippen LogP contribution in [0.2, 0.25) is 5.02 Å². The van der Waals surface area contributed by atoms with E-state index >= 15 is 0 Å². The van der Waals surface area contributed by atoms with Crippen molar-refractivity contribution in [3.05, 3.63) is 69.1 Å². The Labute approximate surface area is 173 Å². The zero-order valence-corrected chi connectivity index (χ0v) is 17.1. The number of hydrogen-bond acceptors (Lipinski definition) is 3. The molecule has 2 fully saturated rings. The van der Waals surface area contributed by atoms with Gasteiger partial charge in [0.05, 0.1) is 0 Å². The lowest BCUT2D eigenvalue weighted by molar-refractivity contribution is -0.119. The van der Waals surface area contributed by atoms with Gasteiger partial charge in [-0.25, -0.2) is 0 Å². The van der Waals surface area contributed by atoms with E-state index in [4.69, 9.17) is 11.6 Å². The summed E-state index contributed by atoms with van der Waals surface area (Å²) in [5.74, 6) is 0.0634. The zero-order valence-electron chi connectivity index (χ0n) is 15.5. The van der Waals surface area contributed by atoms with Crippen LogP contribution in [0.25, 0.3) is 5.57 Å². The van der Waals surface area contributed by atoms with Crippen molar-refractivity contribution in [3.63, 3.8) is 0 Å². The molecule has 0 unspecified atom stereocenters. The highest BCUT2D eigenvalue weighted by Crippen LogP contribution is 2.35. The first kappa shape index (κ1) is 19.3. The van der Waals surface area contributed by atoms with E-state index in [0.29, 0.717) is 12.1 Å². The van der Waals surface area contributed by atoms with Gasteiger partial charge < -0.3 is 10.3 Å². The number of rotatable bonds is 5. The molecule has 146 valence electrons. The third-order valence-electron chi connectivity index (χ3n) is 5.32. The fourth-order valence-corrected chi connectivity index (χ4v) is 5.19. The van der Waals surface area contributed by atoms with Crippen LogP contribution in [0.4, 0.5) is 0 Å². The number of benzene rings is 1. The fraction of sp³-hybridized carbons (Fsp3) is 0.364. The molecule has 4 rings (SSSR count). The van der Waals surface area contributed by atoms with Crippen LogP contribution in [0.1, 0.15) is 49.8 Å². The number of halogens is 1. The molecule has 2 heterocycles. The van der Waals surface area contributed by atoms with Crippen molar-refractivity contribution in [2.75, 3.05) is 0 Å². The first-order valence-corrected chi connectivity index (χ1v) is 11.0. The van der Waals surface area contributed by atoms with Gasteiger partial charge in [-0.05, 0) is 49.1 Å². The molecule has 6 heteroatoms. The predicted octanol–water partition coefficient (Wildman–Crippen LogP) is 4.77. The summed E-state index contributed by atoms with van der Waals surface area (Å²) in [4.78, 5) is 27.8. The minimum atomic E-state index is -0.311. The number of pyridine rings is 1. The maximum absolute atomic E-state index is 12.0. The molecule has 1 saturated carbocycles. The zero-order chi connectivity index (χ0) is 19.5. The second-order valence-corrected chi connectivity index (χ2v) is 9.17. The molecule has 0 radical (unpaired) electrons. The maximum atomic E-state index is 12.0. The average Bonchev–Trinajstić information content (AvgIpc) is 3.35. The number of H-pyrrole nitrogens is 1. The standard InChI is InChI=1S/C22H23ClN2O2S/c23-19-10-11-20(25-22(19)27)18(13-15-7-12-21(26)24-15)14-5-8-17(9-6-14)28-16-3-1-2-4-16/h5-6,8-11,13,15-16H,1-4,7,12H2,(H,24,26)(H,25,27)/b18-13+/t15-/m1/s1. The molecule has 1 aliphatic carbocycles. The first-order chi connectivity index (χ1) is 13.6. The Bertz CT molecular complexity index is 946. The number of hydrogen-bond donors (Lipinski definition) is 2. The lowest BCUT2D eigenvalue weighted by Crippen LogP contribution is -2.23. The van der Waals surface area contributed by atoms with Gasteiger partial charge in [-0.15, -0.1) is 11.8 Å². The summed E-state index contributed by atoms with van der Waals surface area (Å²) in [6.45, 7) is 0. The summed E-state index contributed by atoms with van der Waals surface area (Å²) >= 11 is 7.85. The first-order valence-electron chi connectivity index (χ1n) is 9.76. The normalized spacial score (nSPS) is 20.5. The predicted molar refractivity (Wildman–Crippen MR) is 115 cm³/mol. The van der Waals surface area contributed by atoms with E-state index in [2.05, 4.69) is 34.6 Å². The number of carbonyl (C=O) groups is 1. The van der Waals surface area contributed by atoms with Gasteiger partial charge in [0, 0.05) is 33.9 Å². The van der Waals surface area contributed by atoms with Gasteiger partial charge in [0.1, 0.15) is 5.02 Å². The van der Waals surface area contributed by atoms with Gasteiger partial charge in [-0.3, -0.25) is 9.59 Å². The Balaban J connectivity index is 1.64. The van der Waals surface area contributed by atoms with Crippen molar-refractivity contribution in [1.29, 1.82) is 0 Å². The molecule has 1 amide bonds. The lowest BCUT2D eigenvalue weighted by atomic mass is 9.99. The molecule has 1 saturated heterocycles. The Morgan fingerprint density at radius 2 is 1.79 bits per heavy atom. The summed E-state index contributed by atoms with van der Waals surface area (Å²) in [6.07, 6.45) is 8.58. The van der Waals surface area contributed by atoms with E-state index < -0.39 is 0 Å². The van der Waals surface area contributed by atoms with Crippen LogP contribution < -0.4 is 10.9 Å². The van der Waals surface area contributed by atoms with Crippen molar-refractivity contribution in [3.8, 4) is 0 Å². The van der Waals surface area contributed by atoms with Crippen molar-refractivity contribution < 1.29 is 4.79 Å². The maximum Gasteiger partial charge on any atom is 0.267 e. The third kappa shape index (κ3) is 4.53. The van der Waals surface area contributed by atoms with Crippen molar-refractivity contribution in [2.45, 2.75) is 54.7 Å². The minimum Gasteiger partial charge on any atom is -0.350 e. The van der Waals surface area contributed by atoms with Crippen LogP contribution in [0, 0.1) is 0 Å². The van der Waals surface area contributed by atoms with Gasteiger partial charge in [-0.2, -0.15) is 0 Å². The molecule has 2 N–H and O–H groups in total. The van der Waals surface area contributed by atoms with Crippen molar-refractivity contribution in [1.82, 2.24) is 10.3 Å². The highest BCUT2D eigenvalue weighted by molar-refractivity contribution is 8.00. The highest BCUT2D eigenvalue weighted by atomic mass is 35.5. The number of amides is 1. The van der Waals surface area contributed by atoms with Crippen LogP contribution >= 0.6 is 23.4 Å². The number of aromatic amines is 1. The molecule has 0 bridgehead atoms. The van der Waals surface area contributed by atoms with Gasteiger partial charge >= 0.3 is 0 Å². The van der Waals surface area contributed by atoms with Crippen molar-refractivity contribution in [2.24, 2.45) is 0 Å². The molecule has 1 aromatic heterocycles. The molecule has 0 spiro atoms. The van der Waals surface area contributed by atoms with Gasteiger partial charge in [-0.1, -0.05) is 42.7 Å². The van der Waals surface area contributed by atoms with Gasteiger partial charge in [0.25, 0.3) is 5.56 Å². The molecule has 1 aliphatic heterocycles. The lowest BCUT2D eigenvalue weighted by Gasteiger charge is -2.14. The van der Waals surface area contributed by atoms with E-state index in [1.165, 1.54) is 30.6 Å². The summed E-state index contributed by atoms with van der Waals surface area (Å²) < 4.78 is 0. The summed E-state index contributed by atoms with van der Waals surface area (Å²) in [7, 11) is 0. The van der Waals surface area contributed by atoms with E-state index in [1.807, 2.05) is 23.9 Å². The molecule has 1 atom stereocenters. The van der Waals surface area contributed by atoms with Gasteiger partial charge in [0.15, 0.2) is 0 Å². The average molecular weight is 415 g/mol. The number of nitrogens with one attached hydrogen (secondary N) is 2. The van der Waals surface area contributed by atoms with E-state index in [1.54, 1.807) is 6.07 Å². The molecule has 2 aromatic rings. The number of aromatic nitrogens is 1. The van der Waals surface area contributed by atoms with E-state index in [0.717, 1.165) is 22.8 Å². The minimum absolute atomic E-state index is 0.0331. The summed E-state index contributed by atoms with van der Waals surface area (Å²) in [5.41, 5.74) is 2.30. The Morgan fingerprint density at radius 3 is 2.43 bits per heavy atom. The Hall–Kier alpha value is -1.98. The smallest absolute Gasteiger partial charge is 0.267 e. The van der Waals surface area contributed by atoms with Crippen LogP contribution in [0.15, 0.2) is 52.2 Å². The van der Waals surface area contributed by atoms with Crippen LogP contribution in [-0.4, -0.2) is 22.2 Å². The van der Waals surface area contributed by atoms with E-state index in [9.17, 15) is 9.59 Å². The largest absolute Gasteiger partial charge is 0.350 e. The Kier molecular flexibility index (Phi) is 5.93. The molecule has 2 aliphatic rings. The molecule has 4 nitrogen and oxygen atoms in total. The SMILES string of the molecule is O=C1CC[C@H](/C=C(\c2ccc(SC3CCCC3)cc2)c2ccc(Cl)c(=O)[nH]2)N1. The topological polar surface area (TPSA) is 62.0 Å². The second-order valence-electron chi connectivity index (χ2n) is 7.39. The third-order valence-corrected chi connectivity index (χ3v) is 6.97. The van der Waals surface area contributed by atoms with E-state index in [-0.39, 0.29) is 22.5 Å². The van der Waals surface area contributed by atoms with Crippen LogP contribution in [-0.2, 0) is 4.79 Å². The molecule has 28 heavy (non-hydrogen) atoms. The highest BCUT2D eigenvalue weighted by Gasteiger charge is 2.21. The number of thioether (sulfide) groups is 1. The monoisotopic (exact) mass is 414 g/mol. The van der Waals surface area contributed by atoms with Crippen LogP contribution in [0.5, 0.6) is 0 Å². The summed E-state index contributed by atoms with van der Waals surface area (Å²) in [6, 6.07) is 11.9.